The second-order valence-corrected chi connectivity index (χ2v) is 3.47. The van der Waals surface area contributed by atoms with Crippen LogP contribution in [0.1, 0.15) is 29.7 Å². The van der Waals surface area contributed by atoms with Gasteiger partial charge in [0, 0.05) is 0 Å². The molecule has 0 N–H and O–H groups in total. The van der Waals surface area contributed by atoms with Gasteiger partial charge in [0.25, 0.3) is 0 Å². The van der Waals surface area contributed by atoms with E-state index >= 15 is 0 Å². The average Bonchev–Trinajstić information content (AvgIpc) is 2.04. The van der Waals surface area contributed by atoms with E-state index in [0.29, 0.717) is 0 Å². The molecule has 0 radical (unpaired) electrons. The molecular weight excluding hydrogens is 148 g/mol. The van der Waals surface area contributed by atoms with Crippen LogP contribution in [0.5, 0.6) is 0 Å². The molecule has 0 saturated heterocycles. The normalized spacial score (nSPS) is 22.0. The standard InChI is InChI=1S/C11H14O/c1-8-3-4-11-9(2)12-6-5-10(11)7-8/h3-4,7,9H,5-6H2,1-2H3/t9-/m0/s1. The fraction of sp³-hybridized carbons (Fsp3) is 0.455. The highest BCUT2D eigenvalue weighted by Gasteiger charge is 2.15. The van der Waals surface area contributed by atoms with Gasteiger partial charge in [0.2, 0.25) is 0 Å². The van der Waals surface area contributed by atoms with E-state index in [2.05, 4.69) is 32.0 Å². The SMILES string of the molecule is Cc1ccc2c(c1)CCO[C@H]2C. The summed E-state index contributed by atoms with van der Waals surface area (Å²) in [6, 6.07) is 6.62. The van der Waals surface area contributed by atoms with Crippen molar-refractivity contribution in [2.75, 3.05) is 6.61 Å². The first-order valence-corrected chi connectivity index (χ1v) is 4.48. The van der Waals surface area contributed by atoms with Crippen molar-refractivity contribution in [3.63, 3.8) is 0 Å². The quantitative estimate of drug-likeness (QED) is 0.569. The Morgan fingerprint density at radius 3 is 3.08 bits per heavy atom. The fourth-order valence-corrected chi connectivity index (χ4v) is 1.78. The maximum absolute atomic E-state index is 5.54. The average molecular weight is 162 g/mol. The van der Waals surface area contributed by atoms with Crippen LogP contribution in [0.25, 0.3) is 0 Å². The molecule has 1 aromatic rings. The lowest BCUT2D eigenvalue weighted by atomic mass is 9.97. The topological polar surface area (TPSA) is 9.23 Å². The second kappa shape index (κ2) is 2.91. The first-order chi connectivity index (χ1) is 5.77. The Kier molecular flexibility index (Phi) is 1.89. The lowest BCUT2D eigenvalue weighted by molar-refractivity contribution is 0.0555. The highest BCUT2D eigenvalue weighted by atomic mass is 16.5. The van der Waals surface area contributed by atoms with Crippen LogP contribution in [0.2, 0.25) is 0 Å². The first kappa shape index (κ1) is 7.81. The van der Waals surface area contributed by atoms with Gasteiger partial charge in [-0.05, 0) is 31.4 Å². The van der Waals surface area contributed by atoms with Crippen molar-refractivity contribution in [2.24, 2.45) is 0 Å². The van der Waals surface area contributed by atoms with Crippen LogP contribution in [0, 0.1) is 6.92 Å². The molecular formula is C11H14O. The smallest absolute Gasteiger partial charge is 0.0799 e. The molecule has 0 bridgehead atoms. The summed E-state index contributed by atoms with van der Waals surface area (Å²) in [4.78, 5) is 0. The summed E-state index contributed by atoms with van der Waals surface area (Å²) in [5, 5.41) is 0. The van der Waals surface area contributed by atoms with Crippen LogP contribution in [0.4, 0.5) is 0 Å². The number of aryl methyl sites for hydroxylation is 1. The van der Waals surface area contributed by atoms with E-state index < -0.39 is 0 Å². The molecule has 1 nitrogen and oxygen atoms in total. The minimum Gasteiger partial charge on any atom is -0.373 e. The molecule has 0 aromatic heterocycles. The molecule has 0 saturated carbocycles. The molecule has 1 atom stereocenters. The van der Waals surface area contributed by atoms with Crippen molar-refractivity contribution in [2.45, 2.75) is 26.4 Å². The fourth-order valence-electron chi connectivity index (χ4n) is 1.78. The summed E-state index contributed by atoms with van der Waals surface area (Å²) in [5.74, 6) is 0. The van der Waals surface area contributed by atoms with Crippen molar-refractivity contribution >= 4 is 0 Å². The number of ether oxygens (including phenoxy) is 1. The predicted molar refractivity (Wildman–Crippen MR) is 49.3 cm³/mol. The van der Waals surface area contributed by atoms with Crippen LogP contribution in [-0.2, 0) is 11.2 Å². The number of hydrogen-bond acceptors (Lipinski definition) is 1. The number of rotatable bonds is 0. The summed E-state index contributed by atoms with van der Waals surface area (Å²) >= 11 is 0. The van der Waals surface area contributed by atoms with Crippen LogP contribution in [0.3, 0.4) is 0 Å². The first-order valence-electron chi connectivity index (χ1n) is 4.48. The molecule has 64 valence electrons. The monoisotopic (exact) mass is 162 g/mol. The second-order valence-electron chi connectivity index (χ2n) is 3.47. The largest absolute Gasteiger partial charge is 0.373 e. The molecule has 0 unspecified atom stereocenters. The van der Waals surface area contributed by atoms with Crippen LogP contribution < -0.4 is 0 Å². The minimum absolute atomic E-state index is 0.286. The zero-order valence-electron chi connectivity index (χ0n) is 7.63. The van der Waals surface area contributed by atoms with Crippen LogP contribution in [0.15, 0.2) is 18.2 Å². The third-order valence-corrected chi connectivity index (χ3v) is 2.48. The zero-order chi connectivity index (χ0) is 8.55. The van der Waals surface area contributed by atoms with E-state index in [1.54, 1.807) is 0 Å². The summed E-state index contributed by atoms with van der Waals surface area (Å²) in [7, 11) is 0. The van der Waals surface area contributed by atoms with Crippen LogP contribution in [-0.4, -0.2) is 6.61 Å². The van der Waals surface area contributed by atoms with Gasteiger partial charge in [-0.15, -0.1) is 0 Å². The van der Waals surface area contributed by atoms with Gasteiger partial charge in [0.05, 0.1) is 12.7 Å². The van der Waals surface area contributed by atoms with Gasteiger partial charge in [-0.3, -0.25) is 0 Å². The predicted octanol–water partition coefficient (Wildman–Crippen LogP) is 2.63. The molecule has 0 fully saturated rings. The Balaban J connectivity index is 2.46. The lowest BCUT2D eigenvalue weighted by Gasteiger charge is -2.23. The molecule has 12 heavy (non-hydrogen) atoms. The van der Waals surface area contributed by atoms with Gasteiger partial charge in [0.15, 0.2) is 0 Å². The van der Waals surface area contributed by atoms with E-state index in [0.717, 1.165) is 13.0 Å². The van der Waals surface area contributed by atoms with Crippen molar-refractivity contribution in [3.8, 4) is 0 Å². The van der Waals surface area contributed by atoms with Gasteiger partial charge in [-0.25, -0.2) is 0 Å². The van der Waals surface area contributed by atoms with Crippen molar-refractivity contribution in [3.05, 3.63) is 34.9 Å². The molecule has 1 heterocycles. The third kappa shape index (κ3) is 1.25. The highest BCUT2D eigenvalue weighted by Crippen LogP contribution is 2.26. The van der Waals surface area contributed by atoms with E-state index in [9.17, 15) is 0 Å². The van der Waals surface area contributed by atoms with Crippen molar-refractivity contribution in [1.29, 1.82) is 0 Å². The molecule has 0 amide bonds. The number of benzene rings is 1. The van der Waals surface area contributed by atoms with Gasteiger partial charge >= 0.3 is 0 Å². The zero-order valence-corrected chi connectivity index (χ0v) is 7.63. The Hall–Kier alpha value is -0.820. The minimum atomic E-state index is 0.286. The molecule has 1 aromatic carbocycles. The maximum Gasteiger partial charge on any atom is 0.0799 e. The Labute approximate surface area is 73.4 Å². The van der Waals surface area contributed by atoms with Gasteiger partial charge < -0.3 is 4.74 Å². The molecule has 0 aliphatic carbocycles. The highest BCUT2D eigenvalue weighted by molar-refractivity contribution is 5.34. The molecule has 2 rings (SSSR count). The lowest BCUT2D eigenvalue weighted by Crippen LogP contribution is -2.13. The number of hydrogen-bond donors (Lipinski definition) is 0. The van der Waals surface area contributed by atoms with Crippen molar-refractivity contribution in [1.82, 2.24) is 0 Å². The van der Waals surface area contributed by atoms with E-state index in [-0.39, 0.29) is 6.10 Å². The van der Waals surface area contributed by atoms with E-state index in [1.807, 2.05) is 0 Å². The Morgan fingerprint density at radius 1 is 1.42 bits per heavy atom. The third-order valence-electron chi connectivity index (χ3n) is 2.48. The van der Waals surface area contributed by atoms with Crippen LogP contribution >= 0.6 is 0 Å². The van der Waals surface area contributed by atoms with Gasteiger partial charge in [-0.1, -0.05) is 23.8 Å². The van der Waals surface area contributed by atoms with Gasteiger partial charge in [0.1, 0.15) is 0 Å². The Morgan fingerprint density at radius 2 is 2.25 bits per heavy atom. The molecule has 1 heteroatoms. The summed E-state index contributed by atoms with van der Waals surface area (Å²) in [5.41, 5.74) is 4.18. The summed E-state index contributed by atoms with van der Waals surface area (Å²) in [6.07, 6.45) is 1.36. The number of fused-ring (bicyclic) bond motifs is 1. The maximum atomic E-state index is 5.54. The Bertz CT molecular complexity index is 291. The molecule has 0 spiro atoms. The molecule has 1 aliphatic heterocycles. The summed E-state index contributed by atoms with van der Waals surface area (Å²) < 4.78 is 5.54. The molecule has 1 aliphatic rings. The van der Waals surface area contributed by atoms with E-state index in [4.69, 9.17) is 4.74 Å². The summed E-state index contributed by atoms with van der Waals surface area (Å²) in [6.45, 7) is 5.13. The van der Waals surface area contributed by atoms with Crippen molar-refractivity contribution < 1.29 is 4.74 Å². The van der Waals surface area contributed by atoms with E-state index in [1.165, 1.54) is 16.7 Å². The van der Waals surface area contributed by atoms with Gasteiger partial charge in [-0.2, -0.15) is 0 Å².